The van der Waals surface area contributed by atoms with Crippen molar-refractivity contribution < 1.29 is 9.50 Å². The van der Waals surface area contributed by atoms with E-state index in [4.69, 9.17) is 0 Å². The number of rotatable bonds is 3. The van der Waals surface area contributed by atoms with E-state index in [0.29, 0.717) is 11.5 Å². The summed E-state index contributed by atoms with van der Waals surface area (Å²) in [7, 11) is 0. The number of hydrogen-bond donors (Lipinski definition) is 3. The molecule has 0 amide bonds. The number of imidazole rings is 1. The number of nitrogens with zero attached hydrogens (tertiary/aromatic N) is 1. The number of aromatic nitrogens is 2. The summed E-state index contributed by atoms with van der Waals surface area (Å²) >= 11 is 0. The number of halogens is 1. The van der Waals surface area contributed by atoms with Crippen molar-refractivity contribution in [2.75, 3.05) is 11.9 Å². The summed E-state index contributed by atoms with van der Waals surface area (Å²) in [5.41, 5.74) is 1.13. The lowest BCUT2D eigenvalue weighted by Gasteiger charge is -2.27. The van der Waals surface area contributed by atoms with Gasteiger partial charge >= 0.3 is 0 Å². The van der Waals surface area contributed by atoms with E-state index in [1.807, 2.05) is 0 Å². The Kier molecular flexibility index (Phi) is 2.70. The fourth-order valence-electron chi connectivity index (χ4n) is 2.67. The van der Waals surface area contributed by atoms with Gasteiger partial charge in [-0.25, -0.2) is 9.37 Å². The Morgan fingerprint density at radius 2 is 2.17 bits per heavy atom. The molecule has 4 nitrogen and oxygen atoms in total. The van der Waals surface area contributed by atoms with Crippen LogP contribution in [0.15, 0.2) is 18.2 Å². The molecule has 3 N–H and O–H groups in total. The summed E-state index contributed by atoms with van der Waals surface area (Å²) in [6, 6.07) is 4.46. The van der Waals surface area contributed by atoms with E-state index in [9.17, 15) is 9.50 Å². The number of aromatic amines is 1. The van der Waals surface area contributed by atoms with Gasteiger partial charge in [-0.15, -0.1) is 0 Å². The molecule has 3 rings (SSSR count). The van der Waals surface area contributed by atoms with E-state index in [0.717, 1.165) is 31.2 Å². The second kappa shape index (κ2) is 4.24. The molecule has 1 aromatic carbocycles. The predicted octanol–water partition coefficient (Wildman–Crippen LogP) is 2.42. The Hall–Kier alpha value is -1.62. The van der Waals surface area contributed by atoms with E-state index in [2.05, 4.69) is 15.3 Å². The monoisotopic (exact) mass is 249 g/mol. The van der Waals surface area contributed by atoms with Crippen LogP contribution in [-0.2, 0) is 0 Å². The van der Waals surface area contributed by atoms with Crippen molar-refractivity contribution in [3.63, 3.8) is 0 Å². The van der Waals surface area contributed by atoms with Crippen LogP contribution in [0.4, 0.5) is 10.3 Å². The number of anilines is 1. The molecule has 0 radical (unpaired) electrons. The lowest BCUT2D eigenvalue weighted by atomic mass is 9.99. The highest BCUT2D eigenvalue weighted by Crippen LogP contribution is 2.32. The molecule has 1 aliphatic carbocycles. The fraction of sp³-hybridized carbons (Fsp3) is 0.462. The minimum atomic E-state index is -0.282. The topological polar surface area (TPSA) is 60.9 Å². The fourth-order valence-corrected chi connectivity index (χ4v) is 2.67. The van der Waals surface area contributed by atoms with Crippen LogP contribution in [-0.4, -0.2) is 27.2 Å². The van der Waals surface area contributed by atoms with E-state index in [1.165, 1.54) is 12.1 Å². The minimum Gasteiger partial charge on any atom is -0.394 e. The first-order valence-electron chi connectivity index (χ1n) is 6.25. The Morgan fingerprint density at radius 3 is 2.89 bits per heavy atom. The minimum absolute atomic E-state index is 0.0956. The smallest absolute Gasteiger partial charge is 0.201 e. The highest BCUT2D eigenvalue weighted by Gasteiger charge is 2.33. The standard InChI is InChI=1S/C13H16FN3O/c14-9-3-4-10-11(7-9)16-12(15-10)17-13(8-18)5-1-2-6-13/h3-4,7,18H,1-2,5-6,8H2,(H2,15,16,17). The summed E-state index contributed by atoms with van der Waals surface area (Å²) in [6.45, 7) is 0.0956. The molecule has 1 saturated carbocycles. The average Bonchev–Trinajstić information content (AvgIpc) is 2.96. The van der Waals surface area contributed by atoms with E-state index in [-0.39, 0.29) is 18.0 Å². The van der Waals surface area contributed by atoms with Gasteiger partial charge in [-0.2, -0.15) is 0 Å². The molecule has 0 unspecified atom stereocenters. The summed E-state index contributed by atoms with van der Waals surface area (Å²) in [5, 5.41) is 12.8. The zero-order valence-corrected chi connectivity index (χ0v) is 10.0. The zero-order valence-electron chi connectivity index (χ0n) is 10.0. The molecule has 0 aliphatic heterocycles. The quantitative estimate of drug-likeness (QED) is 0.783. The van der Waals surface area contributed by atoms with Gasteiger partial charge in [0.1, 0.15) is 5.82 Å². The summed E-state index contributed by atoms with van der Waals surface area (Å²) in [5.74, 6) is 0.321. The zero-order chi connectivity index (χ0) is 12.6. The number of aliphatic hydroxyl groups is 1. The third-order valence-corrected chi connectivity index (χ3v) is 3.69. The van der Waals surface area contributed by atoms with Gasteiger partial charge < -0.3 is 15.4 Å². The lowest BCUT2D eigenvalue weighted by molar-refractivity contribution is 0.213. The van der Waals surface area contributed by atoms with Gasteiger partial charge in [-0.1, -0.05) is 12.8 Å². The normalized spacial score (nSPS) is 18.3. The molecule has 96 valence electrons. The Balaban J connectivity index is 1.90. The van der Waals surface area contributed by atoms with Crippen molar-refractivity contribution in [1.82, 2.24) is 9.97 Å². The average molecular weight is 249 g/mol. The number of benzene rings is 1. The lowest BCUT2D eigenvalue weighted by Crippen LogP contribution is -2.39. The van der Waals surface area contributed by atoms with E-state index < -0.39 is 0 Å². The molecule has 1 aliphatic rings. The van der Waals surface area contributed by atoms with Crippen molar-refractivity contribution in [3.8, 4) is 0 Å². The van der Waals surface area contributed by atoms with E-state index in [1.54, 1.807) is 6.07 Å². The third-order valence-electron chi connectivity index (χ3n) is 3.69. The molecule has 0 saturated heterocycles. The van der Waals surface area contributed by atoms with Gasteiger partial charge in [-0.3, -0.25) is 0 Å². The first-order chi connectivity index (χ1) is 8.71. The van der Waals surface area contributed by atoms with Crippen molar-refractivity contribution >= 4 is 17.0 Å². The molecule has 0 bridgehead atoms. The van der Waals surface area contributed by atoms with Crippen LogP contribution in [0.25, 0.3) is 11.0 Å². The molecule has 18 heavy (non-hydrogen) atoms. The predicted molar refractivity (Wildman–Crippen MR) is 68.0 cm³/mol. The van der Waals surface area contributed by atoms with Crippen LogP contribution < -0.4 is 5.32 Å². The second-order valence-corrected chi connectivity index (χ2v) is 5.02. The maximum absolute atomic E-state index is 13.1. The number of H-pyrrole nitrogens is 1. The molecular formula is C13H16FN3O. The van der Waals surface area contributed by atoms with Crippen LogP contribution in [0.3, 0.4) is 0 Å². The number of fused-ring (bicyclic) bond motifs is 1. The van der Waals surface area contributed by atoms with Crippen LogP contribution in [0, 0.1) is 5.82 Å². The Labute approximate surface area is 104 Å². The number of nitrogens with one attached hydrogen (secondary N) is 2. The van der Waals surface area contributed by atoms with Crippen LogP contribution in [0.2, 0.25) is 0 Å². The van der Waals surface area contributed by atoms with Gasteiger partial charge in [0.15, 0.2) is 0 Å². The van der Waals surface area contributed by atoms with Gasteiger partial charge in [0.2, 0.25) is 5.95 Å². The number of aliphatic hydroxyl groups excluding tert-OH is 1. The molecule has 1 fully saturated rings. The molecule has 5 heteroatoms. The van der Waals surface area contributed by atoms with Crippen molar-refractivity contribution in [2.45, 2.75) is 31.2 Å². The van der Waals surface area contributed by atoms with Crippen LogP contribution in [0.5, 0.6) is 0 Å². The summed E-state index contributed by atoms with van der Waals surface area (Å²) in [4.78, 5) is 7.41. The third kappa shape index (κ3) is 1.95. The largest absolute Gasteiger partial charge is 0.394 e. The molecular weight excluding hydrogens is 233 g/mol. The highest BCUT2D eigenvalue weighted by atomic mass is 19.1. The van der Waals surface area contributed by atoms with Crippen molar-refractivity contribution in [2.24, 2.45) is 0 Å². The number of hydrogen-bond acceptors (Lipinski definition) is 3. The SMILES string of the molecule is OCC1(Nc2nc3ccc(F)cc3[nH]2)CCCC1. The first kappa shape index (κ1) is 11.5. The van der Waals surface area contributed by atoms with Crippen LogP contribution >= 0.6 is 0 Å². The van der Waals surface area contributed by atoms with E-state index >= 15 is 0 Å². The Morgan fingerprint density at radius 1 is 1.39 bits per heavy atom. The Bertz CT molecular complexity index is 560. The van der Waals surface area contributed by atoms with Crippen LogP contribution in [0.1, 0.15) is 25.7 Å². The molecule has 1 aromatic heterocycles. The first-order valence-corrected chi connectivity index (χ1v) is 6.25. The molecule has 1 heterocycles. The van der Waals surface area contributed by atoms with Gasteiger partial charge in [0.05, 0.1) is 23.2 Å². The molecule has 0 atom stereocenters. The van der Waals surface area contributed by atoms with Crippen molar-refractivity contribution in [1.29, 1.82) is 0 Å². The maximum atomic E-state index is 13.1. The maximum Gasteiger partial charge on any atom is 0.201 e. The highest BCUT2D eigenvalue weighted by molar-refractivity contribution is 5.77. The van der Waals surface area contributed by atoms with Gasteiger partial charge in [-0.05, 0) is 31.0 Å². The van der Waals surface area contributed by atoms with Gasteiger partial charge in [0.25, 0.3) is 0 Å². The molecule has 0 spiro atoms. The molecule has 2 aromatic rings. The van der Waals surface area contributed by atoms with Crippen molar-refractivity contribution in [3.05, 3.63) is 24.0 Å². The summed E-state index contributed by atoms with van der Waals surface area (Å²) in [6.07, 6.45) is 4.11. The van der Waals surface area contributed by atoms with Gasteiger partial charge in [0, 0.05) is 0 Å². The second-order valence-electron chi connectivity index (χ2n) is 5.02. The summed E-state index contributed by atoms with van der Waals surface area (Å²) < 4.78 is 13.1.